The predicted molar refractivity (Wildman–Crippen MR) is 83.6 cm³/mol. The normalized spacial score (nSPS) is 11.3. The predicted octanol–water partition coefficient (Wildman–Crippen LogP) is 2.30. The summed E-state index contributed by atoms with van der Waals surface area (Å²) in [5.41, 5.74) is 2.62. The van der Waals surface area contributed by atoms with Gasteiger partial charge >= 0.3 is 0 Å². The van der Waals surface area contributed by atoms with Gasteiger partial charge in [0.2, 0.25) is 10.0 Å². The Morgan fingerprint density at radius 1 is 1.14 bits per heavy atom. The Morgan fingerprint density at radius 2 is 1.86 bits per heavy atom. The summed E-state index contributed by atoms with van der Waals surface area (Å²) in [6.07, 6.45) is 2.92. The fourth-order valence-electron chi connectivity index (χ4n) is 1.89. The lowest BCUT2D eigenvalue weighted by molar-refractivity contribution is 0.581. The van der Waals surface area contributed by atoms with Crippen LogP contribution in [0, 0.1) is 6.92 Å². The summed E-state index contributed by atoms with van der Waals surface area (Å²) in [5.74, 6) is 0. The summed E-state index contributed by atoms with van der Waals surface area (Å²) in [6.45, 7) is 4.80. The zero-order valence-electron chi connectivity index (χ0n) is 12.1. The molecule has 0 amide bonds. The van der Waals surface area contributed by atoms with Crippen molar-refractivity contribution in [1.29, 1.82) is 0 Å². The molecule has 0 atom stereocenters. The number of aromatic nitrogens is 1. The molecule has 21 heavy (non-hydrogen) atoms. The van der Waals surface area contributed by atoms with Crippen LogP contribution in [0.5, 0.6) is 0 Å². The van der Waals surface area contributed by atoms with Gasteiger partial charge in [-0.15, -0.1) is 0 Å². The topological polar surface area (TPSA) is 71.1 Å². The number of hydrogen-bond donors (Lipinski definition) is 2. The first-order valence-electron chi connectivity index (χ1n) is 6.76. The highest BCUT2D eigenvalue weighted by molar-refractivity contribution is 7.89. The molecule has 2 rings (SSSR count). The standard InChI is InChI=1S/C15H19N3O2S/c1-3-17-14-8-9-16-11-15(14)21(19,20)18-10-13-6-4-12(2)5-7-13/h4-9,11,18H,3,10H2,1-2H3,(H,16,17). The van der Waals surface area contributed by atoms with Crippen LogP contribution in [0.1, 0.15) is 18.1 Å². The summed E-state index contributed by atoms with van der Waals surface area (Å²) < 4.78 is 27.4. The van der Waals surface area contributed by atoms with E-state index in [1.54, 1.807) is 12.3 Å². The number of anilines is 1. The number of nitrogens with zero attached hydrogens (tertiary/aromatic N) is 1. The number of hydrogen-bond acceptors (Lipinski definition) is 4. The Hall–Kier alpha value is -1.92. The fraction of sp³-hybridized carbons (Fsp3) is 0.267. The van der Waals surface area contributed by atoms with Gasteiger partial charge in [0.05, 0.1) is 5.69 Å². The largest absolute Gasteiger partial charge is 0.384 e. The van der Waals surface area contributed by atoms with E-state index >= 15 is 0 Å². The van der Waals surface area contributed by atoms with Crippen LogP contribution in [-0.4, -0.2) is 19.9 Å². The molecule has 0 unspecified atom stereocenters. The molecule has 2 aromatic rings. The minimum absolute atomic E-state index is 0.166. The van der Waals surface area contributed by atoms with Crippen molar-refractivity contribution in [2.75, 3.05) is 11.9 Å². The maximum atomic E-state index is 12.4. The fourth-order valence-corrected chi connectivity index (χ4v) is 3.03. The van der Waals surface area contributed by atoms with Crippen LogP contribution in [-0.2, 0) is 16.6 Å². The van der Waals surface area contributed by atoms with Crippen LogP contribution < -0.4 is 10.0 Å². The Bertz CT molecular complexity index is 697. The molecule has 0 aliphatic heterocycles. The van der Waals surface area contributed by atoms with Crippen LogP contribution in [0.3, 0.4) is 0 Å². The first kappa shape index (κ1) is 15.5. The lowest BCUT2D eigenvalue weighted by Gasteiger charge is -2.11. The van der Waals surface area contributed by atoms with Crippen LogP contribution in [0.2, 0.25) is 0 Å². The number of aryl methyl sites for hydroxylation is 1. The molecule has 2 N–H and O–H groups in total. The average molecular weight is 305 g/mol. The van der Waals surface area contributed by atoms with Crippen molar-refractivity contribution in [2.45, 2.75) is 25.3 Å². The molecule has 0 aliphatic carbocycles. The second-order valence-corrected chi connectivity index (χ2v) is 6.45. The van der Waals surface area contributed by atoms with Crippen molar-refractivity contribution in [2.24, 2.45) is 0 Å². The van der Waals surface area contributed by atoms with Crippen molar-refractivity contribution in [3.8, 4) is 0 Å². The lowest BCUT2D eigenvalue weighted by Crippen LogP contribution is -2.24. The van der Waals surface area contributed by atoms with E-state index in [9.17, 15) is 8.42 Å². The molecule has 0 fully saturated rings. The first-order valence-corrected chi connectivity index (χ1v) is 8.24. The average Bonchev–Trinajstić information content (AvgIpc) is 2.47. The van der Waals surface area contributed by atoms with Gasteiger partial charge in [-0.1, -0.05) is 29.8 Å². The van der Waals surface area contributed by atoms with Gasteiger partial charge in [-0.2, -0.15) is 0 Å². The molecule has 0 bridgehead atoms. The molecule has 1 aromatic carbocycles. The summed E-state index contributed by atoms with van der Waals surface area (Å²) in [5, 5.41) is 3.03. The lowest BCUT2D eigenvalue weighted by atomic mass is 10.2. The second-order valence-electron chi connectivity index (χ2n) is 4.71. The number of sulfonamides is 1. The summed E-state index contributed by atoms with van der Waals surface area (Å²) in [7, 11) is -3.60. The maximum Gasteiger partial charge on any atom is 0.244 e. The summed E-state index contributed by atoms with van der Waals surface area (Å²) in [6, 6.07) is 9.39. The van der Waals surface area contributed by atoms with Crippen molar-refractivity contribution < 1.29 is 8.42 Å². The first-order chi connectivity index (χ1) is 10.0. The van der Waals surface area contributed by atoms with Crippen molar-refractivity contribution in [1.82, 2.24) is 9.71 Å². The van der Waals surface area contributed by atoms with E-state index in [1.807, 2.05) is 38.1 Å². The van der Waals surface area contributed by atoms with Gasteiger partial charge in [-0.05, 0) is 25.5 Å². The van der Waals surface area contributed by atoms with E-state index in [0.29, 0.717) is 12.2 Å². The van der Waals surface area contributed by atoms with Gasteiger partial charge in [-0.25, -0.2) is 13.1 Å². The van der Waals surface area contributed by atoms with Gasteiger partial charge in [0.1, 0.15) is 4.90 Å². The highest BCUT2D eigenvalue weighted by Crippen LogP contribution is 2.19. The van der Waals surface area contributed by atoms with E-state index in [2.05, 4.69) is 15.0 Å². The molecule has 5 nitrogen and oxygen atoms in total. The zero-order chi connectivity index (χ0) is 15.3. The van der Waals surface area contributed by atoms with E-state index in [0.717, 1.165) is 11.1 Å². The molecule has 0 aliphatic rings. The molecule has 0 saturated heterocycles. The number of nitrogens with one attached hydrogen (secondary N) is 2. The minimum Gasteiger partial charge on any atom is -0.384 e. The van der Waals surface area contributed by atoms with Crippen molar-refractivity contribution in [3.05, 3.63) is 53.9 Å². The Morgan fingerprint density at radius 3 is 2.52 bits per heavy atom. The van der Waals surface area contributed by atoms with Gasteiger partial charge < -0.3 is 5.32 Å². The Balaban J connectivity index is 2.17. The Labute approximate surface area is 125 Å². The van der Waals surface area contributed by atoms with E-state index in [1.165, 1.54) is 6.20 Å². The van der Waals surface area contributed by atoms with Gasteiger partial charge in [0, 0.05) is 25.5 Å². The van der Waals surface area contributed by atoms with Gasteiger partial charge in [0.15, 0.2) is 0 Å². The third kappa shape index (κ3) is 4.03. The monoisotopic (exact) mass is 305 g/mol. The van der Waals surface area contributed by atoms with Crippen LogP contribution in [0.25, 0.3) is 0 Å². The number of rotatable bonds is 6. The second kappa shape index (κ2) is 6.69. The third-order valence-electron chi connectivity index (χ3n) is 3.03. The van der Waals surface area contributed by atoms with E-state index in [4.69, 9.17) is 0 Å². The van der Waals surface area contributed by atoms with Gasteiger partial charge in [-0.3, -0.25) is 4.98 Å². The van der Waals surface area contributed by atoms with Crippen LogP contribution >= 0.6 is 0 Å². The molecule has 0 saturated carbocycles. The number of benzene rings is 1. The minimum atomic E-state index is -3.60. The van der Waals surface area contributed by atoms with E-state index < -0.39 is 10.0 Å². The Kier molecular flexibility index (Phi) is 4.93. The molecule has 0 spiro atoms. The molecular weight excluding hydrogens is 286 g/mol. The molecule has 0 radical (unpaired) electrons. The van der Waals surface area contributed by atoms with E-state index in [-0.39, 0.29) is 11.4 Å². The summed E-state index contributed by atoms with van der Waals surface area (Å²) in [4.78, 5) is 4.07. The van der Waals surface area contributed by atoms with Crippen molar-refractivity contribution >= 4 is 15.7 Å². The molecule has 6 heteroatoms. The third-order valence-corrected chi connectivity index (χ3v) is 4.46. The highest BCUT2D eigenvalue weighted by Gasteiger charge is 2.18. The summed E-state index contributed by atoms with van der Waals surface area (Å²) >= 11 is 0. The van der Waals surface area contributed by atoms with Gasteiger partial charge in [0.25, 0.3) is 0 Å². The zero-order valence-corrected chi connectivity index (χ0v) is 12.9. The molecular formula is C15H19N3O2S. The molecule has 1 aromatic heterocycles. The van der Waals surface area contributed by atoms with Crippen LogP contribution in [0.4, 0.5) is 5.69 Å². The quantitative estimate of drug-likeness (QED) is 0.859. The van der Waals surface area contributed by atoms with Crippen LogP contribution in [0.15, 0.2) is 47.6 Å². The maximum absolute atomic E-state index is 12.4. The molecule has 112 valence electrons. The number of pyridine rings is 1. The SMILES string of the molecule is CCNc1ccncc1S(=O)(=O)NCc1ccc(C)cc1. The molecule has 1 heterocycles. The van der Waals surface area contributed by atoms with Crippen molar-refractivity contribution in [3.63, 3.8) is 0 Å². The smallest absolute Gasteiger partial charge is 0.244 e. The highest BCUT2D eigenvalue weighted by atomic mass is 32.2.